The zero-order chi connectivity index (χ0) is 21.4. The van der Waals surface area contributed by atoms with Crippen LogP contribution in [0.4, 0.5) is 5.82 Å². The summed E-state index contributed by atoms with van der Waals surface area (Å²) in [6, 6.07) is 8.99. The highest BCUT2D eigenvalue weighted by atomic mass is 35.5. The fourth-order valence-corrected chi connectivity index (χ4v) is 4.73. The van der Waals surface area contributed by atoms with Crippen LogP contribution in [0.25, 0.3) is 0 Å². The number of Topliss-reactive ketones (excluding diaryl/α,β-unsaturated/α-hetero) is 1. The molecule has 0 radical (unpaired) electrons. The van der Waals surface area contributed by atoms with Gasteiger partial charge in [0, 0.05) is 35.5 Å². The van der Waals surface area contributed by atoms with Crippen LogP contribution in [0, 0.1) is 12.8 Å². The quantitative estimate of drug-likeness (QED) is 0.681. The second-order valence-corrected chi connectivity index (χ2v) is 8.43. The third-order valence-corrected chi connectivity index (χ3v) is 6.54. The van der Waals surface area contributed by atoms with E-state index in [9.17, 15) is 9.59 Å². The van der Waals surface area contributed by atoms with Gasteiger partial charge in [0.25, 0.3) is 5.91 Å². The topological polar surface area (TPSA) is 71.4 Å². The molecule has 1 aromatic heterocycles. The Morgan fingerprint density at radius 1 is 1.10 bits per heavy atom. The normalized spacial score (nSPS) is 21.2. The molecule has 1 fully saturated rings. The number of ketones is 1. The van der Waals surface area contributed by atoms with Crippen LogP contribution in [0.1, 0.15) is 43.2 Å². The van der Waals surface area contributed by atoms with E-state index in [2.05, 4.69) is 15.3 Å². The fourth-order valence-electron chi connectivity index (χ4n) is 4.30. The summed E-state index contributed by atoms with van der Waals surface area (Å²) in [6.45, 7) is 3.67. The smallest absolute Gasteiger partial charge is 0.255 e. The minimum absolute atomic E-state index is 0.0767. The van der Waals surface area contributed by atoms with Crippen molar-refractivity contribution in [1.29, 1.82) is 0 Å². The molecule has 2 aromatic rings. The minimum atomic E-state index is -0.541. The van der Waals surface area contributed by atoms with E-state index in [1.54, 1.807) is 25.3 Å². The van der Waals surface area contributed by atoms with E-state index >= 15 is 0 Å². The van der Waals surface area contributed by atoms with E-state index in [0.29, 0.717) is 39.1 Å². The van der Waals surface area contributed by atoms with E-state index in [0.717, 1.165) is 24.1 Å². The molecule has 2 atom stereocenters. The summed E-state index contributed by atoms with van der Waals surface area (Å²) in [5.41, 5.74) is 3.33. The van der Waals surface area contributed by atoms with Gasteiger partial charge in [-0.1, -0.05) is 41.4 Å². The molecule has 1 amide bonds. The molecule has 1 saturated carbocycles. The number of allylic oxidation sites excluding steroid dienone is 1. The zero-order valence-electron chi connectivity index (χ0n) is 16.7. The van der Waals surface area contributed by atoms with Gasteiger partial charge in [-0.05, 0) is 49.9 Å². The molecule has 1 aromatic carbocycles. The second-order valence-electron chi connectivity index (χ2n) is 7.64. The Morgan fingerprint density at radius 2 is 1.90 bits per heavy atom. The molecule has 7 heteroatoms. The van der Waals surface area contributed by atoms with Crippen molar-refractivity contribution in [2.75, 3.05) is 5.32 Å². The van der Waals surface area contributed by atoms with Crippen LogP contribution in [-0.2, 0) is 9.59 Å². The van der Waals surface area contributed by atoms with Gasteiger partial charge in [-0.3, -0.25) is 14.6 Å². The number of rotatable bonds is 3. The van der Waals surface area contributed by atoms with E-state index in [1.165, 1.54) is 0 Å². The van der Waals surface area contributed by atoms with Crippen LogP contribution in [0.2, 0.25) is 10.0 Å². The Labute approximate surface area is 185 Å². The fraction of sp³-hybridized carbons (Fsp3) is 0.304. The highest BCUT2D eigenvalue weighted by Gasteiger charge is 2.44. The summed E-state index contributed by atoms with van der Waals surface area (Å²) in [7, 11) is 0. The molecule has 154 valence electrons. The number of nitrogens with one attached hydrogen (secondary N) is 1. The number of aromatic nitrogens is 1. The van der Waals surface area contributed by atoms with Crippen LogP contribution in [0.3, 0.4) is 0 Å². The number of anilines is 1. The standard InChI is InChI=1S/C23H21Cl2N3O2/c1-12-6-5-11-26-22(12)28-23(30)18-13(2)27-16-9-4-10-17(29)20(16)19(18)14-7-3-8-15(24)21(14)25/h3,5-8,11,19-20H,4,9-10H2,1-2H3,(H,26,28,30). The van der Waals surface area contributed by atoms with Gasteiger partial charge in [-0.15, -0.1) is 0 Å². The molecule has 30 heavy (non-hydrogen) atoms. The highest BCUT2D eigenvalue weighted by Crippen LogP contribution is 2.46. The summed E-state index contributed by atoms with van der Waals surface area (Å²) in [5.74, 6) is -0.836. The van der Waals surface area contributed by atoms with Crippen LogP contribution < -0.4 is 5.32 Å². The summed E-state index contributed by atoms with van der Waals surface area (Å²) < 4.78 is 0. The molecule has 0 bridgehead atoms. The molecular weight excluding hydrogens is 421 g/mol. The van der Waals surface area contributed by atoms with E-state index in [-0.39, 0.29) is 11.7 Å². The van der Waals surface area contributed by atoms with Crippen molar-refractivity contribution in [3.05, 3.63) is 69.0 Å². The van der Waals surface area contributed by atoms with Crippen molar-refractivity contribution in [3.63, 3.8) is 0 Å². The Bertz CT molecular complexity index is 1110. The summed E-state index contributed by atoms with van der Waals surface area (Å²) in [4.78, 5) is 35.3. The molecule has 0 spiro atoms. The third kappa shape index (κ3) is 3.68. The van der Waals surface area contributed by atoms with Gasteiger partial charge in [0.1, 0.15) is 11.6 Å². The molecule has 0 saturated heterocycles. The maximum absolute atomic E-state index is 13.4. The van der Waals surface area contributed by atoms with Gasteiger partial charge >= 0.3 is 0 Å². The van der Waals surface area contributed by atoms with Crippen molar-refractivity contribution < 1.29 is 9.59 Å². The number of aliphatic imine (C=N–C) groups is 1. The van der Waals surface area contributed by atoms with Gasteiger partial charge in [0.05, 0.1) is 16.0 Å². The van der Waals surface area contributed by atoms with E-state index < -0.39 is 11.8 Å². The molecule has 1 aliphatic heterocycles. The lowest BCUT2D eigenvalue weighted by Crippen LogP contribution is -2.40. The number of amides is 1. The van der Waals surface area contributed by atoms with Crippen molar-refractivity contribution in [3.8, 4) is 0 Å². The van der Waals surface area contributed by atoms with Crippen molar-refractivity contribution >= 4 is 46.4 Å². The number of hydrogen-bond acceptors (Lipinski definition) is 4. The summed E-state index contributed by atoms with van der Waals surface area (Å²) in [5, 5.41) is 3.64. The van der Waals surface area contributed by atoms with Crippen LogP contribution >= 0.6 is 23.2 Å². The lowest BCUT2D eigenvalue weighted by Gasteiger charge is -2.36. The van der Waals surface area contributed by atoms with E-state index in [1.807, 2.05) is 25.1 Å². The number of benzene rings is 1. The largest absolute Gasteiger partial charge is 0.307 e. The Balaban J connectivity index is 1.85. The van der Waals surface area contributed by atoms with Gasteiger partial charge in [-0.2, -0.15) is 0 Å². The number of carbonyl (C=O) groups is 2. The number of carbonyl (C=O) groups excluding carboxylic acids is 2. The monoisotopic (exact) mass is 441 g/mol. The number of hydrogen-bond donors (Lipinski definition) is 1. The third-order valence-electron chi connectivity index (χ3n) is 5.71. The lowest BCUT2D eigenvalue weighted by molar-refractivity contribution is -0.122. The molecule has 5 nitrogen and oxygen atoms in total. The number of fused-ring (bicyclic) bond motifs is 1. The SMILES string of the molecule is CC1=C(C(=O)Nc2ncccc2C)C(c2cccc(Cl)c2Cl)C2C(=O)CCCC2=N1. The zero-order valence-corrected chi connectivity index (χ0v) is 18.2. The molecule has 2 aliphatic rings. The Kier molecular flexibility index (Phi) is 5.76. The van der Waals surface area contributed by atoms with Crippen molar-refractivity contribution in [1.82, 2.24) is 4.98 Å². The molecular formula is C23H21Cl2N3O2. The van der Waals surface area contributed by atoms with Gasteiger partial charge in [0.2, 0.25) is 0 Å². The maximum atomic E-state index is 13.4. The second kappa shape index (κ2) is 8.32. The molecule has 2 heterocycles. The van der Waals surface area contributed by atoms with Crippen LogP contribution in [0.15, 0.2) is 52.8 Å². The number of aryl methyl sites for hydroxylation is 1. The van der Waals surface area contributed by atoms with Gasteiger partial charge in [-0.25, -0.2) is 4.98 Å². The van der Waals surface area contributed by atoms with Crippen LogP contribution in [0.5, 0.6) is 0 Å². The summed E-state index contributed by atoms with van der Waals surface area (Å²) in [6.07, 6.45) is 3.59. The maximum Gasteiger partial charge on any atom is 0.255 e. The Morgan fingerprint density at radius 3 is 2.67 bits per heavy atom. The first-order valence-electron chi connectivity index (χ1n) is 9.86. The Hall–Kier alpha value is -2.50. The van der Waals surface area contributed by atoms with E-state index in [4.69, 9.17) is 23.2 Å². The number of pyridine rings is 1. The molecule has 4 rings (SSSR count). The molecule has 1 N–H and O–H groups in total. The van der Waals surface area contributed by atoms with Crippen molar-refractivity contribution in [2.45, 2.75) is 39.0 Å². The first-order chi connectivity index (χ1) is 14.4. The average Bonchev–Trinajstić information content (AvgIpc) is 2.71. The first kappa shape index (κ1) is 20.8. The minimum Gasteiger partial charge on any atom is -0.307 e. The predicted molar refractivity (Wildman–Crippen MR) is 119 cm³/mol. The number of halogens is 2. The number of nitrogens with zero attached hydrogens (tertiary/aromatic N) is 2. The molecule has 2 unspecified atom stereocenters. The first-order valence-corrected chi connectivity index (χ1v) is 10.6. The lowest BCUT2D eigenvalue weighted by atomic mass is 9.69. The summed E-state index contributed by atoms with van der Waals surface area (Å²) >= 11 is 12.8. The highest BCUT2D eigenvalue weighted by molar-refractivity contribution is 6.42. The average molecular weight is 442 g/mol. The van der Waals surface area contributed by atoms with Crippen LogP contribution in [-0.4, -0.2) is 22.4 Å². The van der Waals surface area contributed by atoms with Gasteiger partial charge in [0.15, 0.2) is 0 Å². The molecule has 1 aliphatic carbocycles. The van der Waals surface area contributed by atoms with Crippen molar-refractivity contribution in [2.24, 2.45) is 10.9 Å². The predicted octanol–water partition coefficient (Wildman–Crippen LogP) is 5.52. The van der Waals surface area contributed by atoms with Gasteiger partial charge < -0.3 is 5.32 Å².